The van der Waals surface area contributed by atoms with Crippen molar-refractivity contribution in [2.24, 2.45) is 0 Å². The van der Waals surface area contributed by atoms with Crippen LogP contribution in [0.1, 0.15) is 15.9 Å². The molecule has 0 heterocycles. The van der Waals surface area contributed by atoms with Crippen LogP contribution in [0.2, 0.25) is 0 Å². The summed E-state index contributed by atoms with van der Waals surface area (Å²) in [6.45, 7) is 1.94. The van der Waals surface area contributed by atoms with E-state index in [1.54, 1.807) is 33.5 Å². The molecule has 2 aromatic carbocycles. The minimum absolute atomic E-state index is 0.369. The van der Waals surface area contributed by atoms with Crippen molar-refractivity contribution in [2.45, 2.75) is 6.92 Å². The molecule has 2 rings (SSSR count). The van der Waals surface area contributed by atoms with Gasteiger partial charge in [-0.05, 0) is 36.2 Å². The zero-order valence-corrected chi connectivity index (χ0v) is 13.9. The molecule has 0 aromatic heterocycles. The van der Waals surface area contributed by atoms with Gasteiger partial charge >= 0.3 is 5.97 Å². The second-order valence-electron chi connectivity index (χ2n) is 4.91. The molecule has 0 radical (unpaired) electrons. The van der Waals surface area contributed by atoms with E-state index in [2.05, 4.69) is 0 Å². The van der Waals surface area contributed by atoms with Crippen molar-refractivity contribution >= 4 is 5.97 Å². The zero-order chi connectivity index (χ0) is 17.0. The average Bonchev–Trinajstić information content (AvgIpc) is 2.59. The van der Waals surface area contributed by atoms with Crippen LogP contribution in [-0.4, -0.2) is 34.4 Å². The maximum Gasteiger partial charge on any atom is 0.337 e. The van der Waals surface area contributed by atoms with E-state index < -0.39 is 0 Å². The van der Waals surface area contributed by atoms with E-state index in [1.807, 2.05) is 25.1 Å². The first kappa shape index (κ1) is 16.7. The predicted octanol–water partition coefficient (Wildman–Crippen LogP) is 3.47. The van der Waals surface area contributed by atoms with Crippen LogP contribution in [0.15, 0.2) is 30.3 Å². The van der Waals surface area contributed by atoms with Gasteiger partial charge < -0.3 is 18.9 Å². The summed E-state index contributed by atoms with van der Waals surface area (Å²) in [4.78, 5) is 11.5. The summed E-state index contributed by atoms with van der Waals surface area (Å²) in [7, 11) is 6.11. The summed E-state index contributed by atoms with van der Waals surface area (Å²) in [5.74, 6) is 1.40. The SMILES string of the molecule is COC(=O)c1ccc(-c2cc(C)c(OC)c(OC)c2OC)cc1. The van der Waals surface area contributed by atoms with Gasteiger partial charge in [0.25, 0.3) is 0 Å². The van der Waals surface area contributed by atoms with E-state index in [4.69, 9.17) is 18.9 Å². The molecule has 0 N–H and O–H groups in total. The number of rotatable bonds is 5. The molecule has 5 nitrogen and oxygen atoms in total. The van der Waals surface area contributed by atoms with E-state index in [9.17, 15) is 4.79 Å². The lowest BCUT2D eigenvalue weighted by molar-refractivity contribution is 0.0601. The molecule has 0 fully saturated rings. The topological polar surface area (TPSA) is 54.0 Å². The Hall–Kier alpha value is -2.69. The Labute approximate surface area is 135 Å². The lowest BCUT2D eigenvalue weighted by Crippen LogP contribution is -2.01. The van der Waals surface area contributed by atoms with E-state index in [-0.39, 0.29) is 5.97 Å². The van der Waals surface area contributed by atoms with Gasteiger partial charge in [0.05, 0.1) is 34.0 Å². The monoisotopic (exact) mass is 316 g/mol. The molecule has 5 heteroatoms. The number of aryl methyl sites for hydroxylation is 1. The highest BCUT2D eigenvalue weighted by molar-refractivity contribution is 5.90. The second kappa shape index (κ2) is 7.05. The lowest BCUT2D eigenvalue weighted by Gasteiger charge is -2.18. The Bertz CT molecular complexity index is 704. The maximum absolute atomic E-state index is 11.5. The normalized spacial score (nSPS) is 10.1. The summed E-state index contributed by atoms with van der Waals surface area (Å²) in [5, 5.41) is 0. The molecule has 0 aliphatic heterocycles. The smallest absolute Gasteiger partial charge is 0.337 e. The van der Waals surface area contributed by atoms with Crippen LogP contribution >= 0.6 is 0 Å². The Morgan fingerprint density at radius 1 is 0.826 bits per heavy atom. The molecule has 0 saturated carbocycles. The highest BCUT2D eigenvalue weighted by Gasteiger charge is 2.20. The number of carbonyl (C=O) groups excluding carboxylic acids is 1. The molecule has 2 aromatic rings. The van der Waals surface area contributed by atoms with Gasteiger partial charge in [-0.1, -0.05) is 12.1 Å². The van der Waals surface area contributed by atoms with Gasteiger partial charge in [0.2, 0.25) is 5.75 Å². The zero-order valence-electron chi connectivity index (χ0n) is 13.9. The first-order valence-corrected chi connectivity index (χ1v) is 7.05. The standard InChI is InChI=1S/C18H20O5/c1-11-10-14(16(21-3)17(22-4)15(11)20-2)12-6-8-13(9-7-12)18(19)23-5/h6-10H,1-5H3. The number of benzene rings is 2. The van der Waals surface area contributed by atoms with Crippen molar-refractivity contribution in [1.29, 1.82) is 0 Å². The second-order valence-corrected chi connectivity index (χ2v) is 4.91. The lowest BCUT2D eigenvalue weighted by atomic mass is 9.99. The van der Waals surface area contributed by atoms with Crippen molar-refractivity contribution in [1.82, 2.24) is 0 Å². The molecular formula is C18H20O5. The Morgan fingerprint density at radius 2 is 1.39 bits per heavy atom. The van der Waals surface area contributed by atoms with E-state index in [1.165, 1.54) is 7.11 Å². The molecule has 23 heavy (non-hydrogen) atoms. The molecule has 0 aliphatic rings. The summed E-state index contributed by atoms with van der Waals surface area (Å²) in [6.07, 6.45) is 0. The van der Waals surface area contributed by atoms with Gasteiger partial charge in [0.15, 0.2) is 11.5 Å². The fourth-order valence-electron chi connectivity index (χ4n) is 2.51. The minimum Gasteiger partial charge on any atom is -0.492 e. The highest BCUT2D eigenvalue weighted by Crippen LogP contribution is 2.46. The van der Waals surface area contributed by atoms with E-state index in [0.29, 0.717) is 22.8 Å². The number of methoxy groups -OCH3 is 4. The molecule has 0 spiro atoms. The number of carbonyl (C=O) groups is 1. The predicted molar refractivity (Wildman–Crippen MR) is 87.6 cm³/mol. The fourth-order valence-corrected chi connectivity index (χ4v) is 2.51. The van der Waals surface area contributed by atoms with Crippen LogP contribution in [0.4, 0.5) is 0 Å². The van der Waals surface area contributed by atoms with Crippen molar-refractivity contribution < 1.29 is 23.7 Å². The Balaban J connectivity index is 2.59. The molecule has 0 bridgehead atoms. The minimum atomic E-state index is -0.369. The molecule has 0 aliphatic carbocycles. The van der Waals surface area contributed by atoms with Crippen LogP contribution in [0, 0.1) is 6.92 Å². The molecule has 0 saturated heterocycles. The van der Waals surface area contributed by atoms with Gasteiger partial charge in [0.1, 0.15) is 0 Å². The third-order valence-electron chi connectivity index (χ3n) is 3.61. The van der Waals surface area contributed by atoms with Gasteiger partial charge in [-0.25, -0.2) is 4.79 Å². The van der Waals surface area contributed by atoms with Crippen molar-refractivity contribution in [3.8, 4) is 28.4 Å². The van der Waals surface area contributed by atoms with Crippen LogP contribution in [0.25, 0.3) is 11.1 Å². The number of ether oxygens (including phenoxy) is 4. The summed E-state index contributed by atoms with van der Waals surface area (Å²) in [5.41, 5.74) is 3.18. The van der Waals surface area contributed by atoms with Gasteiger partial charge in [-0.3, -0.25) is 0 Å². The van der Waals surface area contributed by atoms with Crippen molar-refractivity contribution in [3.05, 3.63) is 41.5 Å². The summed E-state index contributed by atoms with van der Waals surface area (Å²) in [6, 6.07) is 9.08. The molecule has 122 valence electrons. The Morgan fingerprint density at radius 3 is 1.87 bits per heavy atom. The summed E-state index contributed by atoms with van der Waals surface area (Å²) < 4.78 is 21.1. The number of esters is 1. The third-order valence-corrected chi connectivity index (χ3v) is 3.61. The fraction of sp³-hybridized carbons (Fsp3) is 0.278. The first-order valence-electron chi connectivity index (χ1n) is 7.05. The molecule has 0 amide bonds. The Kier molecular flexibility index (Phi) is 5.11. The van der Waals surface area contributed by atoms with Gasteiger partial charge in [-0.2, -0.15) is 0 Å². The summed E-state index contributed by atoms with van der Waals surface area (Å²) >= 11 is 0. The molecule has 0 unspecified atom stereocenters. The van der Waals surface area contributed by atoms with E-state index >= 15 is 0 Å². The maximum atomic E-state index is 11.5. The van der Waals surface area contributed by atoms with E-state index in [0.717, 1.165) is 16.7 Å². The van der Waals surface area contributed by atoms with Crippen molar-refractivity contribution in [3.63, 3.8) is 0 Å². The van der Waals surface area contributed by atoms with Gasteiger partial charge in [0, 0.05) is 5.56 Å². The first-order chi connectivity index (χ1) is 11.1. The third kappa shape index (κ3) is 3.08. The molecule has 0 atom stereocenters. The quantitative estimate of drug-likeness (QED) is 0.791. The van der Waals surface area contributed by atoms with Gasteiger partial charge in [-0.15, -0.1) is 0 Å². The van der Waals surface area contributed by atoms with Crippen LogP contribution in [-0.2, 0) is 4.74 Å². The largest absolute Gasteiger partial charge is 0.492 e. The van der Waals surface area contributed by atoms with Crippen LogP contribution in [0.5, 0.6) is 17.2 Å². The van der Waals surface area contributed by atoms with Crippen LogP contribution < -0.4 is 14.2 Å². The van der Waals surface area contributed by atoms with Crippen LogP contribution in [0.3, 0.4) is 0 Å². The highest BCUT2D eigenvalue weighted by atomic mass is 16.5. The average molecular weight is 316 g/mol. The molecular weight excluding hydrogens is 296 g/mol. The number of hydrogen-bond acceptors (Lipinski definition) is 5. The number of hydrogen-bond donors (Lipinski definition) is 0. The van der Waals surface area contributed by atoms with Crippen molar-refractivity contribution in [2.75, 3.05) is 28.4 Å².